The Balaban J connectivity index is 1.99. The molecule has 6 heteroatoms. The van der Waals surface area contributed by atoms with E-state index in [0.717, 1.165) is 45.3 Å². The monoisotopic (exact) mass is 283 g/mol. The van der Waals surface area contributed by atoms with Crippen molar-refractivity contribution in [2.75, 3.05) is 19.6 Å². The van der Waals surface area contributed by atoms with Crippen LogP contribution in [0.2, 0.25) is 0 Å². The maximum absolute atomic E-state index is 12.4. The number of carbonyl (C=O) groups excluding carboxylic acids is 1. The molecule has 0 aromatic heterocycles. The zero-order valence-corrected chi connectivity index (χ0v) is 12.3. The van der Waals surface area contributed by atoms with Crippen molar-refractivity contribution in [2.24, 2.45) is 0 Å². The summed E-state index contributed by atoms with van der Waals surface area (Å²) in [5, 5.41) is 15.1. The van der Waals surface area contributed by atoms with Crippen molar-refractivity contribution in [3.05, 3.63) is 0 Å². The Labute approximate surface area is 119 Å². The van der Waals surface area contributed by atoms with Gasteiger partial charge in [-0.1, -0.05) is 0 Å². The molecule has 114 valence electrons. The number of nitrogens with zero attached hydrogens (tertiary/aromatic N) is 1. The van der Waals surface area contributed by atoms with Crippen LogP contribution in [-0.4, -0.2) is 59.1 Å². The number of nitrogens with one attached hydrogen (secondary N) is 2. The number of hydrogen-bond donors (Lipinski definition) is 3. The van der Waals surface area contributed by atoms with E-state index in [4.69, 9.17) is 5.11 Å². The Kier molecular flexibility index (Phi) is 4.65. The first-order valence-corrected chi connectivity index (χ1v) is 7.44. The van der Waals surface area contributed by atoms with Gasteiger partial charge in [-0.15, -0.1) is 0 Å². The van der Waals surface area contributed by atoms with Gasteiger partial charge in [0.1, 0.15) is 5.54 Å². The normalized spacial score (nSPS) is 25.6. The van der Waals surface area contributed by atoms with Gasteiger partial charge in [0.15, 0.2) is 0 Å². The van der Waals surface area contributed by atoms with Crippen LogP contribution in [0.15, 0.2) is 0 Å². The average molecular weight is 283 g/mol. The topological polar surface area (TPSA) is 81.7 Å². The van der Waals surface area contributed by atoms with E-state index in [1.165, 1.54) is 13.8 Å². The molecule has 0 radical (unpaired) electrons. The Morgan fingerprint density at radius 2 is 1.90 bits per heavy atom. The van der Waals surface area contributed by atoms with Crippen molar-refractivity contribution >= 4 is 11.9 Å². The predicted octanol–water partition coefficient (Wildman–Crippen LogP) is 0.182. The molecule has 2 aliphatic rings. The molecule has 2 rings (SSSR count). The molecule has 2 aliphatic heterocycles. The van der Waals surface area contributed by atoms with E-state index in [2.05, 4.69) is 15.5 Å². The van der Waals surface area contributed by atoms with Gasteiger partial charge in [0.05, 0.1) is 6.04 Å². The van der Waals surface area contributed by atoms with Crippen LogP contribution in [0.4, 0.5) is 0 Å². The summed E-state index contributed by atoms with van der Waals surface area (Å²) in [6, 6.07) is 0.277. The van der Waals surface area contributed by atoms with Crippen LogP contribution in [-0.2, 0) is 9.59 Å². The lowest BCUT2D eigenvalue weighted by atomic mass is 10.0. The molecular formula is C14H25N3O3. The second-order valence-corrected chi connectivity index (χ2v) is 6.30. The highest BCUT2D eigenvalue weighted by Gasteiger charge is 2.39. The summed E-state index contributed by atoms with van der Waals surface area (Å²) < 4.78 is 0. The highest BCUT2D eigenvalue weighted by atomic mass is 16.4. The largest absolute Gasteiger partial charge is 0.480 e. The minimum atomic E-state index is -1.21. The van der Waals surface area contributed by atoms with Crippen molar-refractivity contribution < 1.29 is 14.7 Å². The van der Waals surface area contributed by atoms with Crippen LogP contribution in [0, 0.1) is 0 Å². The zero-order chi connectivity index (χ0) is 14.8. The second kappa shape index (κ2) is 6.10. The van der Waals surface area contributed by atoms with Gasteiger partial charge in [-0.05, 0) is 59.2 Å². The smallest absolute Gasteiger partial charge is 0.328 e. The highest BCUT2D eigenvalue weighted by Crippen LogP contribution is 2.25. The number of aliphatic carboxylic acids is 1. The summed E-state index contributed by atoms with van der Waals surface area (Å²) in [6.45, 7) is 5.98. The van der Waals surface area contributed by atoms with Gasteiger partial charge in [0.25, 0.3) is 0 Å². The number of rotatable bonds is 4. The average Bonchev–Trinajstić information content (AvgIpc) is 2.88. The Morgan fingerprint density at radius 1 is 1.25 bits per heavy atom. The van der Waals surface area contributed by atoms with Gasteiger partial charge >= 0.3 is 5.97 Å². The molecule has 0 saturated carbocycles. The van der Waals surface area contributed by atoms with E-state index in [9.17, 15) is 9.59 Å². The van der Waals surface area contributed by atoms with Crippen molar-refractivity contribution in [1.82, 2.24) is 15.5 Å². The summed E-state index contributed by atoms with van der Waals surface area (Å²) >= 11 is 0. The van der Waals surface area contributed by atoms with Gasteiger partial charge in [-0.2, -0.15) is 0 Å². The van der Waals surface area contributed by atoms with Gasteiger partial charge in [0, 0.05) is 6.04 Å². The molecule has 1 unspecified atom stereocenters. The molecule has 3 N–H and O–H groups in total. The van der Waals surface area contributed by atoms with E-state index in [1.54, 1.807) is 0 Å². The maximum atomic E-state index is 12.4. The first-order chi connectivity index (χ1) is 9.42. The molecule has 20 heavy (non-hydrogen) atoms. The number of hydrogen-bond acceptors (Lipinski definition) is 4. The SMILES string of the molecule is CC(C)(NC(=O)C1CCCN1C1CCNCC1)C(=O)O. The molecule has 1 amide bonds. The number of likely N-dealkylation sites (tertiary alicyclic amines) is 1. The molecular weight excluding hydrogens is 258 g/mol. The lowest BCUT2D eigenvalue weighted by Gasteiger charge is -2.36. The van der Waals surface area contributed by atoms with E-state index < -0.39 is 11.5 Å². The van der Waals surface area contributed by atoms with Crippen LogP contribution < -0.4 is 10.6 Å². The van der Waals surface area contributed by atoms with Crippen molar-refractivity contribution in [3.8, 4) is 0 Å². The van der Waals surface area contributed by atoms with Crippen molar-refractivity contribution in [1.29, 1.82) is 0 Å². The molecule has 1 atom stereocenters. The quantitative estimate of drug-likeness (QED) is 0.686. The number of carboxylic acids is 1. The first kappa shape index (κ1) is 15.3. The minimum Gasteiger partial charge on any atom is -0.480 e. The third-order valence-electron chi connectivity index (χ3n) is 4.34. The van der Waals surface area contributed by atoms with Crippen LogP contribution in [0.1, 0.15) is 39.5 Å². The van der Waals surface area contributed by atoms with Crippen LogP contribution in [0.3, 0.4) is 0 Å². The summed E-state index contributed by atoms with van der Waals surface area (Å²) in [5.74, 6) is -1.15. The first-order valence-electron chi connectivity index (χ1n) is 7.44. The minimum absolute atomic E-state index is 0.145. The molecule has 0 spiro atoms. The molecule has 2 heterocycles. The molecule has 0 aliphatic carbocycles. The molecule has 2 fully saturated rings. The molecule has 0 aromatic carbocycles. The van der Waals surface area contributed by atoms with E-state index in [0.29, 0.717) is 6.04 Å². The summed E-state index contributed by atoms with van der Waals surface area (Å²) in [4.78, 5) is 25.8. The molecule has 0 bridgehead atoms. The predicted molar refractivity (Wildman–Crippen MR) is 75.5 cm³/mol. The number of carboxylic acid groups (broad SMARTS) is 1. The van der Waals surface area contributed by atoms with Crippen LogP contribution in [0.5, 0.6) is 0 Å². The van der Waals surface area contributed by atoms with Crippen molar-refractivity contribution in [2.45, 2.75) is 57.2 Å². The fourth-order valence-corrected chi connectivity index (χ4v) is 3.09. The maximum Gasteiger partial charge on any atom is 0.328 e. The third kappa shape index (κ3) is 3.30. The Morgan fingerprint density at radius 3 is 2.50 bits per heavy atom. The second-order valence-electron chi connectivity index (χ2n) is 6.30. The molecule has 2 saturated heterocycles. The van der Waals surface area contributed by atoms with Crippen LogP contribution in [0.25, 0.3) is 0 Å². The van der Waals surface area contributed by atoms with Gasteiger partial charge < -0.3 is 15.7 Å². The Hall–Kier alpha value is -1.14. The lowest BCUT2D eigenvalue weighted by molar-refractivity contribution is -0.147. The molecule has 0 aromatic rings. The summed E-state index contributed by atoms with van der Waals surface area (Å²) in [5.41, 5.74) is -1.21. The van der Waals surface area contributed by atoms with E-state index in [-0.39, 0.29) is 11.9 Å². The Bertz CT molecular complexity index is 378. The standard InChI is InChI=1S/C14H25N3O3/c1-14(2,13(19)20)16-12(18)11-4-3-9-17(11)10-5-7-15-8-6-10/h10-11,15H,3-9H2,1-2H3,(H,16,18)(H,19,20). The van der Waals surface area contributed by atoms with Crippen LogP contribution >= 0.6 is 0 Å². The fourth-order valence-electron chi connectivity index (χ4n) is 3.09. The van der Waals surface area contributed by atoms with E-state index >= 15 is 0 Å². The number of amides is 1. The summed E-state index contributed by atoms with van der Waals surface area (Å²) in [7, 11) is 0. The van der Waals surface area contributed by atoms with Crippen molar-refractivity contribution in [3.63, 3.8) is 0 Å². The highest BCUT2D eigenvalue weighted by molar-refractivity contribution is 5.89. The van der Waals surface area contributed by atoms with Gasteiger partial charge in [-0.3, -0.25) is 9.69 Å². The van der Waals surface area contributed by atoms with E-state index in [1.807, 2.05) is 0 Å². The number of carbonyl (C=O) groups is 2. The van der Waals surface area contributed by atoms with Gasteiger partial charge in [-0.25, -0.2) is 4.79 Å². The number of piperidine rings is 1. The summed E-state index contributed by atoms with van der Waals surface area (Å²) in [6.07, 6.45) is 3.96. The molecule has 6 nitrogen and oxygen atoms in total. The fraction of sp³-hybridized carbons (Fsp3) is 0.857. The lowest BCUT2D eigenvalue weighted by Crippen LogP contribution is -2.57. The third-order valence-corrected chi connectivity index (χ3v) is 4.34. The zero-order valence-electron chi connectivity index (χ0n) is 12.3. The van der Waals surface area contributed by atoms with Gasteiger partial charge in [0.2, 0.25) is 5.91 Å².